The second-order valence-electron chi connectivity index (χ2n) is 6.16. The van der Waals surface area contributed by atoms with Crippen LogP contribution in [0.4, 0.5) is 5.69 Å². The molecule has 142 valence electrons. The Hall–Kier alpha value is -3.12. The molecule has 0 atom stereocenters. The monoisotopic (exact) mass is 391 g/mol. The Morgan fingerprint density at radius 1 is 1.14 bits per heavy atom. The van der Waals surface area contributed by atoms with Crippen LogP contribution in [0.2, 0.25) is 0 Å². The van der Waals surface area contributed by atoms with Crippen LogP contribution in [0.1, 0.15) is 17.3 Å². The second kappa shape index (κ2) is 9.19. The van der Waals surface area contributed by atoms with Gasteiger partial charge in [0.05, 0.1) is 17.0 Å². The molecule has 5 nitrogen and oxygen atoms in total. The van der Waals surface area contributed by atoms with Gasteiger partial charge >= 0.3 is 0 Å². The first-order chi connectivity index (χ1) is 13.6. The summed E-state index contributed by atoms with van der Waals surface area (Å²) in [6.45, 7) is 5.95. The number of benzene rings is 2. The highest BCUT2D eigenvalue weighted by Crippen LogP contribution is 2.26. The average molecular weight is 391 g/mol. The van der Waals surface area contributed by atoms with E-state index in [1.165, 1.54) is 18.7 Å². The van der Waals surface area contributed by atoms with Gasteiger partial charge in [-0.15, -0.1) is 6.58 Å². The summed E-state index contributed by atoms with van der Waals surface area (Å²) < 4.78 is 2.04. The molecule has 0 saturated carbocycles. The van der Waals surface area contributed by atoms with E-state index in [-0.39, 0.29) is 17.4 Å². The molecule has 1 amide bonds. The highest BCUT2D eigenvalue weighted by Gasteiger charge is 2.13. The number of rotatable bonds is 8. The summed E-state index contributed by atoms with van der Waals surface area (Å²) in [5.41, 5.74) is 2.31. The number of hydrogen-bond donors (Lipinski definition) is 1. The molecule has 3 rings (SSSR count). The van der Waals surface area contributed by atoms with Crippen LogP contribution < -0.4 is 5.32 Å². The molecule has 0 aliphatic carbocycles. The van der Waals surface area contributed by atoms with Crippen molar-refractivity contribution in [3.63, 3.8) is 0 Å². The van der Waals surface area contributed by atoms with Gasteiger partial charge in [0, 0.05) is 23.4 Å². The molecule has 0 aliphatic heterocycles. The lowest BCUT2D eigenvalue weighted by molar-refractivity contribution is -0.113. The highest BCUT2D eigenvalue weighted by molar-refractivity contribution is 7.99. The third-order valence-electron chi connectivity index (χ3n) is 4.09. The van der Waals surface area contributed by atoms with Gasteiger partial charge < -0.3 is 9.88 Å². The molecule has 0 unspecified atom stereocenters. The molecular weight excluding hydrogens is 370 g/mol. The quantitative estimate of drug-likeness (QED) is 0.344. The maximum atomic E-state index is 12.3. The summed E-state index contributed by atoms with van der Waals surface area (Å²) in [4.78, 5) is 28.1. The number of aromatic nitrogens is 2. The number of ketones is 1. The lowest BCUT2D eigenvalue weighted by atomic mass is 10.1. The highest BCUT2D eigenvalue weighted by atomic mass is 32.2. The summed E-state index contributed by atoms with van der Waals surface area (Å²) >= 11 is 1.42. The van der Waals surface area contributed by atoms with Crippen LogP contribution in [-0.2, 0) is 11.3 Å². The fourth-order valence-electron chi connectivity index (χ4n) is 2.72. The molecule has 0 saturated heterocycles. The van der Waals surface area contributed by atoms with Gasteiger partial charge in [0.15, 0.2) is 5.78 Å². The lowest BCUT2D eigenvalue weighted by Gasteiger charge is -2.10. The van der Waals surface area contributed by atoms with Crippen LogP contribution in [0.15, 0.2) is 78.5 Å². The average Bonchev–Trinajstić information content (AvgIpc) is 3.10. The Morgan fingerprint density at radius 3 is 2.50 bits per heavy atom. The first-order valence-corrected chi connectivity index (χ1v) is 9.82. The van der Waals surface area contributed by atoms with Gasteiger partial charge in [0.25, 0.3) is 0 Å². The fraction of sp³-hybridized carbons (Fsp3) is 0.136. The minimum Gasteiger partial charge on any atom is -0.325 e. The number of Topliss-reactive ketones (excluding diaryl/α,β-unsaturated/α-hetero) is 1. The Morgan fingerprint density at radius 2 is 1.86 bits per heavy atom. The van der Waals surface area contributed by atoms with E-state index < -0.39 is 0 Å². The fourth-order valence-corrected chi connectivity index (χ4v) is 3.52. The molecule has 28 heavy (non-hydrogen) atoms. The molecule has 3 aromatic rings. The number of allylic oxidation sites excluding steroid dienone is 1. The minimum atomic E-state index is -0.117. The SMILES string of the molecule is C=CCn1c(SCC(=O)Nc2ccc(C(C)=O)cc2)cnc1-c1ccccc1. The van der Waals surface area contributed by atoms with Gasteiger partial charge in [0.1, 0.15) is 5.82 Å². The number of hydrogen-bond acceptors (Lipinski definition) is 4. The van der Waals surface area contributed by atoms with Gasteiger partial charge in [0.2, 0.25) is 5.91 Å². The van der Waals surface area contributed by atoms with Crippen molar-refractivity contribution in [3.05, 3.63) is 79.0 Å². The van der Waals surface area contributed by atoms with E-state index in [0.29, 0.717) is 17.8 Å². The number of anilines is 1. The van der Waals surface area contributed by atoms with Gasteiger partial charge in [-0.3, -0.25) is 9.59 Å². The molecule has 0 aliphatic rings. The zero-order valence-corrected chi connectivity index (χ0v) is 16.4. The van der Waals surface area contributed by atoms with Gasteiger partial charge in [-0.05, 0) is 31.2 Å². The maximum absolute atomic E-state index is 12.3. The third-order valence-corrected chi connectivity index (χ3v) is 5.12. The zero-order chi connectivity index (χ0) is 19.9. The Bertz CT molecular complexity index is 979. The summed E-state index contributed by atoms with van der Waals surface area (Å²) in [7, 11) is 0. The van der Waals surface area contributed by atoms with E-state index >= 15 is 0 Å². The molecule has 6 heteroatoms. The first-order valence-electron chi connectivity index (χ1n) is 8.84. The maximum Gasteiger partial charge on any atom is 0.234 e. The number of amides is 1. The molecule has 2 aromatic carbocycles. The molecule has 0 bridgehead atoms. The Balaban J connectivity index is 1.66. The molecular formula is C22H21N3O2S. The number of nitrogens with zero attached hydrogens (tertiary/aromatic N) is 2. The van der Waals surface area contributed by atoms with Crippen molar-refractivity contribution in [3.8, 4) is 11.4 Å². The van der Waals surface area contributed by atoms with Crippen molar-refractivity contribution in [1.29, 1.82) is 0 Å². The minimum absolute atomic E-state index is 0.00173. The molecule has 0 spiro atoms. The summed E-state index contributed by atoms with van der Waals surface area (Å²) in [5, 5.41) is 3.75. The van der Waals surface area contributed by atoms with Crippen LogP contribution in [0.25, 0.3) is 11.4 Å². The normalized spacial score (nSPS) is 10.5. The van der Waals surface area contributed by atoms with E-state index in [1.807, 2.05) is 41.0 Å². The smallest absolute Gasteiger partial charge is 0.234 e. The number of imidazole rings is 1. The largest absolute Gasteiger partial charge is 0.325 e. The van der Waals surface area contributed by atoms with Crippen LogP contribution in [0.3, 0.4) is 0 Å². The van der Waals surface area contributed by atoms with Crippen LogP contribution in [0, 0.1) is 0 Å². The standard InChI is InChI=1S/C22H21N3O2S/c1-3-13-25-21(14-23-22(25)18-7-5-4-6-8-18)28-15-20(27)24-19-11-9-17(10-12-19)16(2)26/h3-12,14H,1,13,15H2,2H3,(H,24,27). The van der Waals surface area contributed by atoms with E-state index in [0.717, 1.165) is 16.4 Å². The predicted octanol–water partition coefficient (Wildman–Crippen LogP) is 4.67. The number of carbonyl (C=O) groups excluding carboxylic acids is 2. The predicted molar refractivity (Wildman–Crippen MR) is 114 cm³/mol. The zero-order valence-electron chi connectivity index (χ0n) is 15.6. The number of nitrogens with one attached hydrogen (secondary N) is 1. The molecule has 1 aromatic heterocycles. The Kier molecular flexibility index (Phi) is 6.45. The number of thioether (sulfide) groups is 1. The van der Waals surface area contributed by atoms with Crippen molar-refractivity contribution in [1.82, 2.24) is 9.55 Å². The third kappa shape index (κ3) is 4.78. The molecule has 0 radical (unpaired) electrons. The van der Waals surface area contributed by atoms with Crippen molar-refractivity contribution in [2.75, 3.05) is 11.1 Å². The summed E-state index contributed by atoms with van der Waals surface area (Å²) in [6.07, 6.45) is 3.60. The van der Waals surface area contributed by atoms with Gasteiger partial charge in [-0.1, -0.05) is 48.2 Å². The second-order valence-corrected chi connectivity index (χ2v) is 7.15. The van der Waals surface area contributed by atoms with Gasteiger partial charge in [-0.2, -0.15) is 0 Å². The van der Waals surface area contributed by atoms with E-state index in [2.05, 4.69) is 16.9 Å². The molecule has 1 N–H and O–H groups in total. The molecule has 1 heterocycles. The van der Waals surface area contributed by atoms with E-state index in [4.69, 9.17) is 0 Å². The van der Waals surface area contributed by atoms with Crippen molar-refractivity contribution >= 4 is 29.1 Å². The lowest BCUT2D eigenvalue weighted by Crippen LogP contribution is -2.14. The summed E-state index contributed by atoms with van der Waals surface area (Å²) in [6, 6.07) is 16.8. The van der Waals surface area contributed by atoms with Crippen LogP contribution >= 0.6 is 11.8 Å². The van der Waals surface area contributed by atoms with Crippen LogP contribution in [-0.4, -0.2) is 27.0 Å². The van der Waals surface area contributed by atoms with Crippen molar-refractivity contribution < 1.29 is 9.59 Å². The molecule has 0 fully saturated rings. The number of carbonyl (C=O) groups is 2. The van der Waals surface area contributed by atoms with Crippen LogP contribution in [0.5, 0.6) is 0 Å². The van der Waals surface area contributed by atoms with Crippen molar-refractivity contribution in [2.24, 2.45) is 0 Å². The Labute approximate surface area is 168 Å². The van der Waals surface area contributed by atoms with Crippen molar-refractivity contribution in [2.45, 2.75) is 18.5 Å². The topological polar surface area (TPSA) is 64.0 Å². The summed E-state index contributed by atoms with van der Waals surface area (Å²) in [5.74, 6) is 0.987. The first kappa shape index (κ1) is 19.6. The van der Waals surface area contributed by atoms with Gasteiger partial charge in [-0.25, -0.2) is 4.98 Å². The van der Waals surface area contributed by atoms with E-state index in [1.54, 1.807) is 30.5 Å². The van der Waals surface area contributed by atoms with E-state index in [9.17, 15) is 9.59 Å².